The Labute approximate surface area is 140 Å². The second-order valence-corrected chi connectivity index (χ2v) is 6.75. The predicted molar refractivity (Wildman–Crippen MR) is 81.2 cm³/mol. The molecule has 1 amide bonds. The predicted octanol–water partition coefficient (Wildman–Crippen LogP) is 1.27. The van der Waals surface area contributed by atoms with Crippen LogP contribution < -0.4 is 5.32 Å². The number of methoxy groups -OCH3 is 1. The highest BCUT2D eigenvalue weighted by Crippen LogP contribution is 2.36. The van der Waals surface area contributed by atoms with Crippen LogP contribution in [0.15, 0.2) is 0 Å². The van der Waals surface area contributed by atoms with E-state index in [0.717, 1.165) is 25.7 Å². The molecule has 2 N–H and O–H groups in total. The number of nitrogens with one attached hydrogen (secondary N) is 1. The highest BCUT2D eigenvalue weighted by molar-refractivity contribution is 5.68. The molecule has 1 unspecified atom stereocenters. The Balaban J connectivity index is 1.66. The highest BCUT2D eigenvalue weighted by atomic mass is 19.1. The molecule has 3 aliphatic rings. The van der Waals surface area contributed by atoms with Gasteiger partial charge in [-0.2, -0.15) is 0 Å². The van der Waals surface area contributed by atoms with Gasteiger partial charge in [0, 0.05) is 13.2 Å². The molecule has 1 heterocycles. The molecular formula is C16H26FNO6. The lowest BCUT2D eigenvalue weighted by molar-refractivity contribution is -0.181. The maximum absolute atomic E-state index is 14.7. The third-order valence-electron chi connectivity index (χ3n) is 5.09. The van der Waals surface area contributed by atoms with E-state index in [1.165, 1.54) is 13.5 Å². The Bertz CT molecular complexity index is 446. The normalized spacial score (nSPS) is 43.2. The third kappa shape index (κ3) is 3.51. The van der Waals surface area contributed by atoms with Crippen LogP contribution in [0.4, 0.5) is 9.18 Å². The topological polar surface area (TPSA) is 86.2 Å². The largest absolute Gasteiger partial charge is 0.440 e. The Morgan fingerprint density at radius 3 is 2.50 bits per heavy atom. The van der Waals surface area contributed by atoms with Gasteiger partial charge < -0.3 is 29.4 Å². The van der Waals surface area contributed by atoms with Crippen LogP contribution in [0.25, 0.3) is 0 Å². The van der Waals surface area contributed by atoms with Crippen molar-refractivity contribution in [2.45, 2.75) is 88.1 Å². The lowest BCUT2D eigenvalue weighted by Gasteiger charge is -2.41. The first-order valence-electron chi connectivity index (χ1n) is 8.64. The number of aliphatic hydroxyl groups is 1. The second-order valence-electron chi connectivity index (χ2n) is 6.75. The van der Waals surface area contributed by atoms with Gasteiger partial charge in [0.05, 0.1) is 0 Å². The van der Waals surface area contributed by atoms with E-state index in [1.807, 2.05) is 0 Å². The van der Waals surface area contributed by atoms with Gasteiger partial charge in [-0.05, 0) is 19.8 Å². The van der Waals surface area contributed by atoms with Gasteiger partial charge >= 0.3 is 6.09 Å². The number of aliphatic hydroxyl groups excluding tert-OH is 1. The summed E-state index contributed by atoms with van der Waals surface area (Å²) in [5.74, 6) is 0. The lowest BCUT2D eigenvalue weighted by atomic mass is 9.85. The van der Waals surface area contributed by atoms with Gasteiger partial charge in [-0.15, -0.1) is 0 Å². The molecule has 0 aromatic heterocycles. The minimum absolute atomic E-state index is 0.0622. The number of alkyl carbamates (subject to hydrolysis) is 1. The summed E-state index contributed by atoms with van der Waals surface area (Å²) in [5.41, 5.74) is 0. The van der Waals surface area contributed by atoms with Crippen LogP contribution in [0.3, 0.4) is 0 Å². The average molecular weight is 347 g/mol. The molecule has 0 aromatic rings. The monoisotopic (exact) mass is 347 g/mol. The summed E-state index contributed by atoms with van der Waals surface area (Å²) >= 11 is 0. The van der Waals surface area contributed by atoms with Crippen LogP contribution in [-0.4, -0.2) is 67.3 Å². The maximum atomic E-state index is 14.7. The molecule has 7 nitrogen and oxygen atoms in total. The molecule has 2 aliphatic carbocycles. The molecule has 3 rings (SSSR count). The van der Waals surface area contributed by atoms with Gasteiger partial charge in [0.2, 0.25) is 0 Å². The Morgan fingerprint density at radius 1 is 1.17 bits per heavy atom. The third-order valence-corrected chi connectivity index (χ3v) is 5.09. The van der Waals surface area contributed by atoms with E-state index < -0.39 is 49.1 Å². The quantitative estimate of drug-likeness (QED) is 0.800. The van der Waals surface area contributed by atoms with E-state index in [2.05, 4.69) is 5.32 Å². The molecular weight excluding hydrogens is 321 g/mol. The molecule has 3 fully saturated rings. The summed E-state index contributed by atoms with van der Waals surface area (Å²) in [6.07, 6.45) is -2.99. The van der Waals surface area contributed by atoms with Crippen LogP contribution in [-0.2, 0) is 18.9 Å². The molecule has 0 bridgehead atoms. The Kier molecular flexibility index (Phi) is 5.59. The molecule has 1 aliphatic heterocycles. The fraction of sp³-hybridized carbons (Fsp3) is 0.938. The fourth-order valence-electron chi connectivity index (χ4n) is 3.88. The van der Waals surface area contributed by atoms with E-state index >= 15 is 0 Å². The zero-order valence-electron chi connectivity index (χ0n) is 14.0. The summed E-state index contributed by atoms with van der Waals surface area (Å²) in [4.78, 5) is 12.2. The smallest absolute Gasteiger partial charge is 0.407 e. The van der Waals surface area contributed by atoms with E-state index in [0.29, 0.717) is 0 Å². The van der Waals surface area contributed by atoms with Crippen LogP contribution in [0.5, 0.6) is 0 Å². The number of fused-ring (bicyclic) bond motifs is 1. The summed E-state index contributed by atoms with van der Waals surface area (Å²) in [5, 5.41) is 13.0. The number of amides is 1. The van der Waals surface area contributed by atoms with Crippen molar-refractivity contribution in [2.24, 2.45) is 0 Å². The molecule has 7 atom stereocenters. The molecule has 2 saturated carbocycles. The van der Waals surface area contributed by atoms with Crippen LogP contribution in [0.1, 0.15) is 39.0 Å². The van der Waals surface area contributed by atoms with Crippen molar-refractivity contribution in [1.82, 2.24) is 5.32 Å². The second kappa shape index (κ2) is 7.51. The molecule has 24 heavy (non-hydrogen) atoms. The Hall–Kier alpha value is -0.960. The van der Waals surface area contributed by atoms with E-state index in [-0.39, 0.29) is 6.04 Å². The number of carbonyl (C=O) groups excluding carboxylic acids is 1. The molecule has 1 saturated heterocycles. The SMILES string of the molecule is CO[C@H]1[C@H](O)[C@H]2OC(C)O[C@H]2[C@H](OC(=O)NC2CCCCC2)[C@@H]1F. The number of carbonyl (C=O) groups is 1. The molecule has 0 radical (unpaired) electrons. The molecule has 138 valence electrons. The van der Waals surface area contributed by atoms with E-state index in [1.54, 1.807) is 6.92 Å². The lowest BCUT2D eigenvalue weighted by Crippen LogP contribution is -2.63. The van der Waals surface area contributed by atoms with Gasteiger partial charge in [0.15, 0.2) is 18.6 Å². The average Bonchev–Trinajstić information content (AvgIpc) is 2.95. The number of rotatable bonds is 3. The highest BCUT2D eigenvalue weighted by Gasteiger charge is 2.58. The van der Waals surface area contributed by atoms with Crippen LogP contribution >= 0.6 is 0 Å². The van der Waals surface area contributed by atoms with Crippen molar-refractivity contribution >= 4 is 6.09 Å². The summed E-state index contributed by atoms with van der Waals surface area (Å²) < 4.78 is 36.1. The van der Waals surface area contributed by atoms with Gasteiger partial charge in [0.1, 0.15) is 24.4 Å². The summed E-state index contributed by atoms with van der Waals surface area (Å²) in [6.45, 7) is 1.65. The first-order chi connectivity index (χ1) is 11.5. The summed E-state index contributed by atoms with van der Waals surface area (Å²) in [6, 6.07) is 0.0622. The number of halogens is 1. The Morgan fingerprint density at radius 2 is 1.83 bits per heavy atom. The first kappa shape index (κ1) is 17.8. The van der Waals surface area contributed by atoms with E-state index in [4.69, 9.17) is 18.9 Å². The maximum Gasteiger partial charge on any atom is 0.407 e. The van der Waals surface area contributed by atoms with Crippen molar-refractivity contribution < 1.29 is 33.2 Å². The van der Waals surface area contributed by atoms with Crippen LogP contribution in [0, 0.1) is 0 Å². The standard InChI is InChI=1S/C16H26FNO6/c1-8-22-14-11(19)12(21-2)10(17)13(15(14)23-8)24-16(20)18-9-6-4-3-5-7-9/h8-15,19H,3-7H2,1-2H3,(H,18,20)/t8?,10-,11+,12-,13-,14-,15+/m1/s1. The van der Waals surface area contributed by atoms with Gasteiger partial charge in [0.25, 0.3) is 0 Å². The number of hydrogen-bond donors (Lipinski definition) is 2. The minimum atomic E-state index is -1.70. The number of ether oxygens (including phenoxy) is 4. The number of hydrogen-bond acceptors (Lipinski definition) is 6. The van der Waals surface area contributed by atoms with Crippen molar-refractivity contribution in [3.63, 3.8) is 0 Å². The van der Waals surface area contributed by atoms with Gasteiger partial charge in [-0.3, -0.25) is 0 Å². The van der Waals surface area contributed by atoms with Crippen molar-refractivity contribution in [3.05, 3.63) is 0 Å². The summed E-state index contributed by atoms with van der Waals surface area (Å²) in [7, 11) is 1.30. The van der Waals surface area contributed by atoms with Crippen molar-refractivity contribution in [1.29, 1.82) is 0 Å². The molecule has 0 spiro atoms. The van der Waals surface area contributed by atoms with Crippen molar-refractivity contribution in [3.8, 4) is 0 Å². The first-order valence-corrected chi connectivity index (χ1v) is 8.64. The zero-order valence-corrected chi connectivity index (χ0v) is 14.0. The van der Waals surface area contributed by atoms with E-state index in [9.17, 15) is 14.3 Å². The molecule has 0 aromatic carbocycles. The molecule has 8 heteroatoms. The van der Waals surface area contributed by atoms with Crippen LogP contribution in [0.2, 0.25) is 0 Å². The fourth-order valence-corrected chi connectivity index (χ4v) is 3.88. The zero-order chi connectivity index (χ0) is 17.3. The van der Waals surface area contributed by atoms with Gasteiger partial charge in [-0.25, -0.2) is 9.18 Å². The van der Waals surface area contributed by atoms with Crippen molar-refractivity contribution in [2.75, 3.05) is 7.11 Å². The minimum Gasteiger partial charge on any atom is -0.440 e. The number of alkyl halides is 1. The van der Waals surface area contributed by atoms with Gasteiger partial charge in [-0.1, -0.05) is 19.3 Å².